The summed E-state index contributed by atoms with van der Waals surface area (Å²) < 4.78 is 6.38. The first kappa shape index (κ1) is 21.4. The molecule has 1 heterocycles. The van der Waals surface area contributed by atoms with Crippen molar-refractivity contribution in [1.82, 2.24) is 5.43 Å². The Morgan fingerprint density at radius 1 is 1.38 bits per heavy atom. The number of amides is 1. The monoisotopic (exact) mass is 457 g/mol. The largest absolute Gasteiger partial charge is 0.484 e. The summed E-state index contributed by atoms with van der Waals surface area (Å²) in [5, 5.41) is 4.13. The van der Waals surface area contributed by atoms with Gasteiger partial charge in [-0.1, -0.05) is 28.9 Å². The molecule has 154 valence electrons. The van der Waals surface area contributed by atoms with Gasteiger partial charge in [-0.15, -0.1) is 0 Å². The Kier molecular flexibility index (Phi) is 6.32. The van der Waals surface area contributed by atoms with Crippen LogP contribution < -0.4 is 15.1 Å². The number of fused-ring (bicyclic) bond motifs is 1. The third kappa shape index (κ3) is 4.99. The number of hydrogen-bond acceptors (Lipinski definition) is 4. The van der Waals surface area contributed by atoms with Crippen LogP contribution in [0.3, 0.4) is 0 Å². The van der Waals surface area contributed by atoms with Crippen LogP contribution in [0.5, 0.6) is 5.75 Å². The number of anilines is 1. The Morgan fingerprint density at radius 3 is 2.86 bits per heavy atom. The molecule has 5 nitrogen and oxygen atoms in total. The van der Waals surface area contributed by atoms with E-state index >= 15 is 0 Å². The quantitative estimate of drug-likeness (QED) is 0.507. The van der Waals surface area contributed by atoms with Gasteiger partial charge >= 0.3 is 0 Å². The molecule has 1 aliphatic heterocycles. The van der Waals surface area contributed by atoms with E-state index in [-0.39, 0.29) is 18.1 Å². The number of carbonyl (C=O) groups is 1. The maximum Gasteiger partial charge on any atom is 0.277 e. The van der Waals surface area contributed by atoms with E-state index in [1.165, 1.54) is 11.3 Å². The molecule has 6 heteroatoms. The molecule has 1 N–H and O–H groups in total. The maximum absolute atomic E-state index is 12.0. The summed E-state index contributed by atoms with van der Waals surface area (Å²) in [5.41, 5.74) is 7.41. The lowest BCUT2D eigenvalue weighted by Crippen LogP contribution is -2.45. The van der Waals surface area contributed by atoms with Crippen molar-refractivity contribution in [3.05, 3.63) is 57.6 Å². The van der Waals surface area contributed by atoms with E-state index in [1.54, 1.807) is 12.3 Å². The first-order valence-corrected chi connectivity index (χ1v) is 10.6. The zero-order valence-corrected chi connectivity index (χ0v) is 19.2. The Balaban J connectivity index is 1.65. The van der Waals surface area contributed by atoms with Crippen LogP contribution in [0.4, 0.5) is 5.69 Å². The molecule has 0 bridgehead atoms. The minimum atomic E-state index is -0.299. The molecular formula is C23H28BrN3O2. The average Bonchev–Trinajstić information content (AvgIpc) is 2.65. The molecule has 0 saturated heterocycles. The third-order valence-corrected chi connectivity index (χ3v) is 6.07. The van der Waals surface area contributed by atoms with E-state index in [0.717, 1.165) is 22.0 Å². The lowest BCUT2D eigenvalue weighted by atomic mass is 9.79. The zero-order valence-electron chi connectivity index (χ0n) is 17.6. The summed E-state index contributed by atoms with van der Waals surface area (Å²) in [6.45, 7) is 8.81. The van der Waals surface area contributed by atoms with Crippen LogP contribution in [0.2, 0.25) is 0 Å². The summed E-state index contributed by atoms with van der Waals surface area (Å²) in [7, 11) is 2.16. The molecule has 3 rings (SSSR count). The molecule has 1 amide bonds. The van der Waals surface area contributed by atoms with Gasteiger partial charge in [-0.3, -0.25) is 4.79 Å². The molecule has 0 radical (unpaired) electrons. The van der Waals surface area contributed by atoms with Gasteiger partial charge < -0.3 is 9.64 Å². The number of ether oxygens (including phenoxy) is 1. The van der Waals surface area contributed by atoms with Crippen LogP contribution in [0, 0.1) is 6.92 Å². The normalized spacial score (nSPS) is 17.9. The summed E-state index contributed by atoms with van der Waals surface area (Å²) in [6.07, 6.45) is 2.80. The van der Waals surface area contributed by atoms with Crippen molar-refractivity contribution < 1.29 is 9.53 Å². The maximum atomic E-state index is 12.0. The average molecular weight is 458 g/mol. The number of aryl methyl sites for hydroxylation is 1. The lowest BCUT2D eigenvalue weighted by Gasteiger charge is -2.45. The number of halogens is 1. The highest BCUT2D eigenvalue weighted by Crippen LogP contribution is 2.43. The standard InChI is InChI=1S/C23H28BrN3O2/c1-15-9-21-20(16(2)12-23(3,4)27(21)5)10-17(15)13-25-26-22(28)14-29-19-8-6-7-18(24)11-19/h6-11,13,16H,12,14H2,1-5H3,(H,26,28)/b25-13+/t16-/m1/s1. The van der Waals surface area contributed by atoms with Crippen molar-refractivity contribution >= 4 is 33.7 Å². The van der Waals surface area contributed by atoms with Crippen molar-refractivity contribution in [3.63, 3.8) is 0 Å². The van der Waals surface area contributed by atoms with Gasteiger partial charge in [0.05, 0.1) is 6.21 Å². The number of benzene rings is 2. The molecule has 29 heavy (non-hydrogen) atoms. The fraction of sp³-hybridized carbons (Fsp3) is 0.391. The first-order chi connectivity index (χ1) is 13.7. The Morgan fingerprint density at radius 2 is 2.14 bits per heavy atom. The van der Waals surface area contributed by atoms with Gasteiger partial charge in [0.1, 0.15) is 5.75 Å². The molecule has 1 aliphatic rings. The van der Waals surface area contributed by atoms with Gasteiger partial charge in [-0.25, -0.2) is 5.43 Å². The molecular weight excluding hydrogens is 430 g/mol. The molecule has 0 aliphatic carbocycles. The van der Waals surface area contributed by atoms with Crippen LogP contribution in [0.15, 0.2) is 46.0 Å². The van der Waals surface area contributed by atoms with Crippen LogP contribution in [0.25, 0.3) is 0 Å². The smallest absolute Gasteiger partial charge is 0.277 e. The first-order valence-electron chi connectivity index (χ1n) is 9.76. The topological polar surface area (TPSA) is 53.9 Å². The predicted octanol–water partition coefficient (Wildman–Crippen LogP) is 5.01. The lowest BCUT2D eigenvalue weighted by molar-refractivity contribution is -0.123. The van der Waals surface area contributed by atoms with Gasteiger partial charge in [0.15, 0.2) is 6.61 Å². The molecule has 0 unspecified atom stereocenters. The number of nitrogens with one attached hydrogen (secondary N) is 1. The molecule has 0 fully saturated rings. The van der Waals surface area contributed by atoms with E-state index in [0.29, 0.717) is 11.7 Å². The number of hydrazone groups is 1. The van der Waals surface area contributed by atoms with E-state index < -0.39 is 0 Å². The van der Waals surface area contributed by atoms with Crippen molar-refractivity contribution in [2.75, 3.05) is 18.6 Å². The van der Waals surface area contributed by atoms with Crippen LogP contribution in [-0.2, 0) is 4.79 Å². The summed E-state index contributed by atoms with van der Waals surface area (Å²) >= 11 is 3.38. The van der Waals surface area contributed by atoms with E-state index in [4.69, 9.17) is 4.74 Å². The zero-order chi connectivity index (χ0) is 21.2. The second-order valence-electron chi connectivity index (χ2n) is 8.28. The Bertz CT molecular complexity index is 940. The molecule has 2 aromatic carbocycles. The number of hydrogen-bond donors (Lipinski definition) is 1. The Labute approximate surface area is 181 Å². The van der Waals surface area contributed by atoms with E-state index in [9.17, 15) is 4.79 Å². The van der Waals surface area contributed by atoms with E-state index in [1.807, 2.05) is 18.2 Å². The second-order valence-corrected chi connectivity index (χ2v) is 9.20. The van der Waals surface area contributed by atoms with Crippen molar-refractivity contribution in [3.8, 4) is 5.75 Å². The van der Waals surface area contributed by atoms with Gasteiger partial charge in [-0.05, 0) is 80.1 Å². The Hall–Kier alpha value is -2.34. The highest BCUT2D eigenvalue weighted by Gasteiger charge is 2.34. The SMILES string of the molecule is Cc1cc2c(cc1/C=N/NC(=O)COc1cccc(Br)c1)[C@H](C)CC(C)(C)N2C. The minimum Gasteiger partial charge on any atom is -0.484 e. The van der Waals surface area contributed by atoms with Crippen LogP contribution in [0.1, 0.15) is 49.8 Å². The predicted molar refractivity (Wildman–Crippen MR) is 122 cm³/mol. The van der Waals surface area contributed by atoms with Crippen molar-refractivity contribution in [1.29, 1.82) is 0 Å². The summed E-state index contributed by atoms with van der Waals surface area (Å²) in [5.74, 6) is 0.800. The van der Waals surface area contributed by atoms with Gasteiger partial charge in [0.25, 0.3) is 5.91 Å². The van der Waals surface area contributed by atoms with Gasteiger partial charge in [0, 0.05) is 22.7 Å². The number of rotatable bonds is 5. The molecule has 0 saturated carbocycles. The highest BCUT2D eigenvalue weighted by molar-refractivity contribution is 9.10. The van der Waals surface area contributed by atoms with Crippen LogP contribution in [-0.4, -0.2) is 31.3 Å². The molecule has 0 aromatic heterocycles. The van der Waals surface area contributed by atoms with Crippen molar-refractivity contribution in [2.24, 2.45) is 5.10 Å². The summed E-state index contributed by atoms with van der Waals surface area (Å²) in [4.78, 5) is 14.4. The second kappa shape index (κ2) is 8.57. The fourth-order valence-corrected chi connectivity index (χ4v) is 4.16. The van der Waals surface area contributed by atoms with Crippen LogP contribution >= 0.6 is 15.9 Å². The number of nitrogens with zero attached hydrogens (tertiary/aromatic N) is 2. The third-order valence-electron chi connectivity index (χ3n) is 5.58. The van der Waals surface area contributed by atoms with E-state index in [2.05, 4.69) is 78.2 Å². The van der Waals surface area contributed by atoms with Crippen molar-refractivity contribution in [2.45, 2.75) is 45.6 Å². The molecule has 0 spiro atoms. The van der Waals surface area contributed by atoms with Gasteiger partial charge in [0.2, 0.25) is 0 Å². The highest BCUT2D eigenvalue weighted by atomic mass is 79.9. The van der Waals surface area contributed by atoms with Gasteiger partial charge in [-0.2, -0.15) is 5.10 Å². The summed E-state index contributed by atoms with van der Waals surface area (Å²) in [6, 6.07) is 11.8. The fourth-order valence-electron chi connectivity index (χ4n) is 3.79. The number of carbonyl (C=O) groups excluding carboxylic acids is 1. The minimum absolute atomic E-state index is 0.0894. The molecule has 2 aromatic rings. The molecule has 1 atom stereocenters.